The molecule has 0 amide bonds. The summed E-state index contributed by atoms with van der Waals surface area (Å²) in [4.78, 5) is 0.444. The maximum Gasteiger partial charge on any atom is 0.190 e. The second-order valence-electron chi connectivity index (χ2n) is 4.37. The predicted octanol–water partition coefficient (Wildman–Crippen LogP) is 4.12. The molecule has 1 aromatic carbocycles. The second kappa shape index (κ2) is 7.85. The molecular formula is C14H22O2S2. The number of rotatable bonds is 8. The van der Waals surface area contributed by atoms with E-state index in [9.17, 15) is 8.42 Å². The van der Waals surface area contributed by atoms with Gasteiger partial charge in [-0.2, -0.15) is 0 Å². The summed E-state index contributed by atoms with van der Waals surface area (Å²) < 4.78 is 24.5. The van der Waals surface area contributed by atoms with Gasteiger partial charge in [0.05, 0.1) is 4.90 Å². The van der Waals surface area contributed by atoms with E-state index in [2.05, 4.69) is 6.92 Å². The van der Waals surface area contributed by atoms with Gasteiger partial charge in [-0.25, -0.2) is 8.42 Å². The molecule has 0 saturated heterocycles. The molecule has 0 saturated carbocycles. The zero-order chi connectivity index (χ0) is 13.4. The second-order valence-corrected chi connectivity index (χ2v) is 7.84. The van der Waals surface area contributed by atoms with Crippen LogP contribution in [0.1, 0.15) is 39.0 Å². The summed E-state index contributed by atoms with van der Waals surface area (Å²) in [6.45, 7) is 2.16. The molecule has 2 nitrogen and oxygen atoms in total. The minimum atomic E-state index is -3.18. The van der Waals surface area contributed by atoms with E-state index in [-0.39, 0.29) is 4.58 Å². The molecule has 0 aliphatic rings. The molecule has 1 atom stereocenters. The topological polar surface area (TPSA) is 34.1 Å². The number of sulfone groups is 1. The van der Waals surface area contributed by atoms with E-state index in [1.54, 1.807) is 24.3 Å². The third-order valence-electron chi connectivity index (χ3n) is 2.97. The smallest absolute Gasteiger partial charge is 0.190 e. The van der Waals surface area contributed by atoms with Gasteiger partial charge >= 0.3 is 0 Å². The van der Waals surface area contributed by atoms with Crippen LogP contribution in [-0.4, -0.2) is 19.3 Å². The highest BCUT2D eigenvalue weighted by Gasteiger charge is 2.25. The van der Waals surface area contributed by atoms with Crippen molar-refractivity contribution in [3.05, 3.63) is 30.3 Å². The molecule has 0 aromatic heterocycles. The lowest BCUT2D eigenvalue weighted by molar-refractivity contribution is 0.581. The summed E-state index contributed by atoms with van der Waals surface area (Å²) in [5.74, 6) is 0. The number of hydrogen-bond donors (Lipinski definition) is 0. The Morgan fingerprint density at radius 2 is 1.78 bits per heavy atom. The van der Waals surface area contributed by atoms with Crippen LogP contribution in [0.25, 0.3) is 0 Å². The predicted molar refractivity (Wildman–Crippen MR) is 79.7 cm³/mol. The first kappa shape index (κ1) is 15.6. The molecule has 0 radical (unpaired) electrons. The molecule has 1 rings (SSSR count). The van der Waals surface area contributed by atoms with Crippen molar-refractivity contribution < 1.29 is 8.42 Å². The van der Waals surface area contributed by atoms with Crippen LogP contribution in [0.4, 0.5) is 0 Å². The third kappa shape index (κ3) is 4.32. The van der Waals surface area contributed by atoms with Gasteiger partial charge in [0, 0.05) is 0 Å². The molecule has 1 aromatic rings. The maximum absolute atomic E-state index is 12.4. The van der Waals surface area contributed by atoms with Crippen LogP contribution in [0.2, 0.25) is 0 Å². The largest absolute Gasteiger partial charge is 0.223 e. The van der Waals surface area contributed by atoms with Crippen LogP contribution >= 0.6 is 11.8 Å². The van der Waals surface area contributed by atoms with E-state index in [4.69, 9.17) is 0 Å². The van der Waals surface area contributed by atoms with Crippen LogP contribution in [-0.2, 0) is 9.84 Å². The van der Waals surface area contributed by atoms with Crippen molar-refractivity contribution in [3.8, 4) is 0 Å². The van der Waals surface area contributed by atoms with Crippen molar-refractivity contribution in [1.82, 2.24) is 0 Å². The average Bonchev–Trinajstić information content (AvgIpc) is 2.39. The molecule has 18 heavy (non-hydrogen) atoms. The SMILES string of the molecule is CCCCCCC(SC)S(=O)(=O)c1ccccc1. The van der Waals surface area contributed by atoms with Gasteiger partial charge in [-0.05, 0) is 24.8 Å². The lowest BCUT2D eigenvalue weighted by Gasteiger charge is -2.15. The molecule has 0 bridgehead atoms. The Morgan fingerprint density at radius 3 is 2.33 bits per heavy atom. The number of hydrogen-bond acceptors (Lipinski definition) is 3. The minimum Gasteiger partial charge on any atom is -0.223 e. The van der Waals surface area contributed by atoms with Crippen LogP contribution in [0.3, 0.4) is 0 Å². The highest BCUT2D eigenvalue weighted by molar-refractivity contribution is 8.13. The van der Waals surface area contributed by atoms with Crippen LogP contribution in [0, 0.1) is 0 Å². The van der Waals surface area contributed by atoms with E-state index in [0.717, 1.165) is 19.3 Å². The fourth-order valence-electron chi connectivity index (χ4n) is 1.90. The Morgan fingerprint density at radius 1 is 1.11 bits per heavy atom. The monoisotopic (exact) mass is 286 g/mol. The van der Waals surface area contributed by atoms with Gasteiger partial charge in [0.25, 0.3) is 0 Å². The van der Waals surface area contributed by atoms with E-state index in [1.165, 1.54) is 24.6 Å². The van der Waals surface area contributed by atoms with E-state index >= 15 is 0 Å². The van der Waals surface area contributed by atoms with Crippen molar-refractivity contribution in [2.24, 2.45) is 0 Å². The summed E-state index contributed by atoms with van der Waals surface area (Å²) >= 11 is 1.44. The highest BCUT2D eigenvalue weighted by Crippen LogP contribution is 2.27. The van der Waals surface area contributed by atoms with Crippen LogP contribution in [0.15, 0.2) is 35.2 Å². The van der Waals surface area contributed by atoms with E-state index < -0.39 is 9.84 Å². The summed E-state index contributed by atoms with van der Waals surface area (Å²) in [6, 6.07) is 8.77. The number of thioether (sulfide) groups is 1. The first-order chi connectivity index (χ1) is 8.62. The third-order valence-corrected chi connectivity index (χ3v) is 6.93. The summed E-state index contributed by atoms with van der Waals surface area (Å²) in [5.41, 5.74) is 0. The van der Waals surface area contributed by atoms with Crippen molar-refractivity contribution >= 4 is 21.6 Å². The Hall–Kier alpha value is -0.480. The first-order valence-electron chi connectivity index (χ1n) is 6.44. The summed E-state index contributed by atoms with van der Waals surface area (Å²) in [6.07, 6.45) is 7.11. The minimum absolute atomic E-state index is 0.309. The molecule has 4 heteroatoms. The fraction of sp³-hybridized carbons (Fsp3) is 0.571. The Balaban J connectivity index is 2.69. The maximum atomic E-state index is 12.4. The van der Waals surface area contributed by atoms with Crippen molar-refractivity contribution in [2.75, 3.05) is 6.26 Å². The van der Waals surface area contributed by atoms with Gasteiger partial charge in [0.15, 0.2) is 9.84 Å². The standard InChI is InChI=1S/C14H22O2S2/c1-3-4-5-9-12-14(17-2)18(15,16)13-10-7-6-8-11-13/h6-8,10-11,14H,3-5,9,12H2,1-2H3. The van der Waals surface area contributed by atoms with Crippen LogP contribution in [0.5, 0.6) is 0 Å². The van der Waals surface area contributed by atoms with E-state index in [0.29, 0.717) is 4.90 Å². The van der Waals surface area contributed by atoms with Gasteiger partial charge in [0.2, 0.25) is 0 Å². The summed E-state index contributed by atoms with van der Waals surface area (Å²) in [5, 5.41) is 0. The lowest BCUT2D eigenvalue weighted by atomic mass is 10.2. The van der Waals surface area contributed by atoms with Crippen molar-refractivity contribution in [2.45, 2.75) is 48.5 Å². The molecule has 0 aliphatic carbocycles. The van der Waals surface area contributed by atoms with E-state index in [1.807, 2.05) is 12.3 Å². The lowest BCUT2D eigenvalue weighted by Crippen LogP contribution is -2.17. The molecule has 0 N–H and O–H groups in total. The van der Waals surface area contributed by atoms with Crippen molar-refractivity contribution in [1.29, 1.82) is 0 Å². The average molecular weight is 286 g/mol. The molecular weight excluding hydrogens is 264 g/mol. The Labute approximate surface area is 115 Å². The fourth-order valence-corrected chi connectivity index (χ4v) is 4.97. The zero-order valence-electron chi connectivity index (χ0n) is 11.1. The highest BCUT2D eigenvalue weighted by atomic mass is 32.3. The molecule has 0 spiro atoms. The quantitative estimate of drug-likeness (QED) is 0.674. The summed E-state index contributed by atoms with van der Waals surface area (Å²) in [7, 11) is -3.18. The molecule has 0 heterocycles. The number of unbranched alkanes of at least 4 members (excludes halogenated alkanes) is 3. The van der Waals surface area contributed by atoms with Gasteiger partial charge in [-0.1, -0.05) is 50.8 Å². The number of benzene rings is 1. The Kier molecular flexibility index (Phi) is 6.79. The van der Waals surface area contributed by atoms with Crippen LogP contribution < -0.4 is 0 Å². The van der Waals surface area contributed by atoms with Crippen molar-refractivity contribution in [3.63, 3.8) is 0 Å². The van der Waals surface area contributed by atoms with Gasteiger partial charge in [-0.15, -0.1) is 11.8 Å². The van der Waals surface area contributed by atoms with Gasteiger partial charge in [0.1, 0.15) is 4.58 Å². The molecule has 102 valence electrons. The zero-order valence-corrected chi connectivity index (χ0v) is 12.8. The van der Waals surface area contributed by atoms with Gasteiger partial charge < -0.3 is 0 Å². The molecule has 0 fully saturated rings. The molecule has 0 aliphatic heterocycles. The Bertz CT molecular complexity index is 426. The first-order valence-corrected chi connectivity index (χ1v) is 9.28. The molecule has 1 unspecified atom stereocenters. The van der Waals surface area contributed by atoms with Gasteiger partial charge in [-0.3, -0.25) is 0 Å². The normalized spacial score (nSPS) is 13.4.